The molecular formula is C12H25N3O. The van der Waals surface area contributed by atoms with Crippen molar-refractivity contribution in [2.45, 2.75) is 51.6 Å². The van der Waals surface area contributed by atoms with Crippen LogP contribution in [-0.4, -0.2) is 36.3 Å². The number of nitrogens with one attached hydrogen (secondary N) is 2. The minimum absolute atomic E-state index is 0.578. The van der Waals surface area contributed by atoms with Crippen LogP contribution in [0.15, 0.2) is 4.99 Å². The monoisotopic (exact) mass is 227 g/mol. The van der Waals surface area contributed by atoms with Crippen LogP contribution in [0.2, 0.25) is 0 Å². The van der Waals surface area contributed by atoms with Crippen molar-refractivity contribution in [3.05, 3.63) is 0 Å². The first kappa shape index (κ1) is 13.3. The zero-order chi connectivity index (χ0) is 11.9. The van der Waals surface area contributed by atoms with Crippen LogP contribution in [0.3, 0.4) is 0 Å². The van der Waals surface area contributed by atoms with Crippen molar-refractivity contribution in [3.63, 3.8) is 0 Å². The van der Waals surface area contributed by atoms with Crippen LogP contribution in [0.1, 0.15) is 46.0 Å². The summed E-state index contributed by atoms with van der Waals surface area (Å²) in [7, 11) is 0. The molecule has 0 radical (unpaired) electrons. The molecule has 0 atom stereocenters. The largest absolute Gasteiger partial charge is 0.388 e. The molecule has 94 valence electrons. The van der Waals surface area contributed by atoms with E-state index >= 15 is 0 Å². The Bertz CT molecular complexity index is 222. The lowest BCUT2D eigenvalue weighted by Crippen LogP contribution is -2.48. The van der Waals surface area contributed by atoms with Gasteiger partial charge in [0, 0.05) is 19.6 Å². The van der Waals surface area contributed by atoms with Crippen molar-refractivity contribution in [2.24, 2.45) is 4.99 Å². The summed E-state index contributed by atoms with van der Waals surface area (Å²) >= 11 is 0. The molecule has 0 unspecified atom stereocenters. The zero-order valence-corrected chi connectivity index (χ0v) is 10.6. The topological polar surface area (TPSA) is 56.6 Å². The molecule has 0 bridgehead atoms. The smallest absolute Gasteiger partial charge is 0.191 e. The van der Waals surface area contributed by atoms with Crippen molar-refractivity contribution in [1.82, 2.24) is 10.6 Å². The Kier molecular flexibility index (Phi) is 5.60. The molecule has 0 saturated heterocycles. The molecule has 0 aliphatic carbocycles. The zero-order valence-electron chi connectivity index (χ0n) is 10.6. The van der Waals surface area contributed by atoms with Crippen LogP contribution >= 0.6 is 0 Å². The molecule has 1 aliphatic rings. The van der Waals surface area contributed by atoms with Gasteiger partial charge in [-0.25, -0.2) is 0 Å². The van der Waals surface area contributed by atoms with E-state index < -0.39 is 5.60 Å². The Morgan fingerprint density at radius 1 is 1.38 bits per heavy atom. The Morgan fingerprint density at radius 3 is 2.56 bits per heavy atom. The minimum atomic E-state index is -0.578. The van der Waals surface area contributed by atoms with Gasteiger partial charge in [0.15, 0.2) is 5.96 Å². The van der Waals surface area contributed by atoms with Gasteiger partial charge in [-0.2, -0.15) is 0 Å². The van der Waals surface area contributed by atoms with Crippen LogP contribution in [-0.2, 0) is 0 Å². The molecule has 0 spiro atoms. The summed E-state index contributed by atoms with van der Waals surface area (Å²) in [5.41, 5.74) is -0.578. The van der Waals surface area contributed by atoms with Gasteiger partial charge in [-0.1, -0.05) is 26.7 Å². The highest BCUT2D eigenvalue weighted by atomic mass is 16.3. The van der Waals surface area contributed by atoms with Crippen molar-refractivity contribution < 1.29 is 5.11 Å². The quantitative estimate of drug-likeness (QED) is 0.640. The van der Waals surface area contributed by atoms with Crippen LogP contribution in [0.5, 0.6) is 0 Å². The van der Waals surface area contributed by atoms with E-state index in [1.165, 1.54) is 0 Å². The lowest BCUT2D eigenvalue weighted by Gasteiger charge is -2.29. The highest BCUT2D eigenvalue weighted by Crippen LogP contribution is 2.18. The molecule has 16 heavy (non-hydrogen) atoms. The van der Waals surface area contributed by atoms with Gasteiger partial charge >= 0.3 is 0 Å². The number of hydrogen-bond donors (Lipinski definition) is 3. The van der Waals surface area contributed by atoms with Crippen LogP contribution < -0.4 is 10.6 Å². The van der Waals surface area contributed by atoms with E-state index in [9.17, 15) is 5.11 Å². The van der Waals surface area contributed by atoms with Crippen molar-refractivity contribution >= 4 is 5.96 Å². The minimum Gasteiger partial charge on any atom is -0.388 e. The lowest BCUT2D eigenvalue weighted by molar-refractivity contribution is 0.0257. The molecule has 0 aromatic heterocycles. The van der Waals surface area contributed by atoms with Gasteiger partial charge in [0.2, 0.25) is 0 Å². The Morgan fingerprint density at radius 2 is 2.06 bits per heavy atom. The standard InChI is InChI=1S/C12H25N3O/c1-3-6-12(16,7-4-2)10-15-11-13-8-5-9-14-11/h16H,3-10H2,1-2H3,(H2,13,14,15). The highest BCUT2D eigenvalue weighted by molar-refractivity contribution is 5.80. The van der Waals surface area contributed by atoms with E-state index in [1.54, 1.807) is 0 Å². The van der Waals surface area contributed by atoms with E-state index in [1.807, 2.05) is 0 Å². The predicted octanol–water partition coefficient (Wildman–Crippen LogP) is 1.26. The third kappa shape index (κ3) is 4.39. The second kappa shape index (κ2) is 6.74. The van der Waals surface area contributed by atoms with E-state index in [4.69, 9.17) is 0 Å². The molecule has 1 aliphatic heterocycles. The van der Waals surface area contributed by atoms with Gasteiger partial charge in [-0.05, 0) is 19.3 Å². The van der Waals surface area contributed by atoms with Gasteiger partial charge in [-0.15, -0.1) is 0 Å². The average molecular weight is 227 g/mol. The second-order valence-electron chi connectivity index (χ2n) is 4.59. The number of hydrogen-bond acceptors (Lipinski definition) is 4. The van der Waals surface area contributed by atoms with Gasteiger partial charge in [0.1, 0.15) is 0 Å². The maximum Gasteiger partial charge on any atom is 0.191 e. The van der Waals surface area contributed by atoms with Gasteiger partial charge in [0.25, 0.3) is 0 Å². The number of aliphatic imine (C=N–C) groups is 1. The molecule has 0 fully saturated rings. The SMILES string of the molecule is CCCC(O)(CCC)CNC1=NCCCN1. The fraction of sp³-hybridized carbons (Fsp3) is 0.917. The van der Waals surface area contributed by atoms with E-state index in [2.05, 4.69) is 29.5 Å². The molecule has 3 N–H and O–H groups in total. The van der Waals surface area contributed by atoms with Gasteiger partial charge in [-0.3, -0.25) is 4.99 Å². The summed E-state index contributed by atoms with van der Waals surface area (Å²) in [5.74, 6) is 0.844. The number of nitrogens with zero attached hydrogens (tertiary/aromatic N) is 1. The normalized spacial score (nSPS) is 16.6. The molecule has 4 heteroatoms. The molecule has 0 aromatic carbocycles. The van der Waals surface area contributed by atoms with Gasteiger partial charge in [0.05, 0.1) is 5.60 Å². The van der Waals surface area contributed by atoms with Crippen LogP contribution in [0, 0.1) is 0 Å². The Hall–Kier alpha value is -0.770. The summed E-state index contributed by atoms with van der Waals surface area (Å²) in [4.78, 5) is 4.34. The number of guanidine groups is 1. The third-order valence-electron chi connectivity index (χ3n) is 2.91. The fourth-order valence-corrected chi connectivity index (χ4v) is 2.13. The summed E-state index contributed by atoms with van der Waals surface area (Å²) in [6.45, 7) is 6.68. The fourth-order valence-electron chi connectivity index (χ4n) is 2.13. The summed E-state index contributed by atoms with van der Waals surface area (Å²) < 4.78 is 0. The molecule has 1 rings (SSSR count). The average Bonchev–Trinajstić information content (AvgIpc) is 2.29. The van der Waals surface area contributed by atoms with E-state index in [0.717, 1.165) is 51.2 Å². The maximum absolute atomic E-state index is 10.4. The second-order valence-corrected chi connectivity index (χ2v) is 4.59. The summed E-state index contributed by atoms with van der Waals surface area (Å²) in [6.07, 6.45) is 4.82. The first-order valence-electron chi connectivity index (χ1n) is 6.45. The van der Waals surface area contributed by atoms with E-state index in [-0.39, 0.29) is 0 Å². The van der Waals surface area contributed by atoms with Gasteiger partial charge < -0.3 is 15.7 Å². The van der Waals surface area contributed by atoms with E-state index in [0.29, 0.717) is 6.54 Å². The highest BCUT2D eigenvalue weighted by Gasteiger charge is 2.25. The molecular weight excluding hydrogens is 202 g/mol. The number of rotatable bonds is 6. The maximum atomic E-state index is 10.4. The molecule has 1 heterocycles. The third-order valence-corrected chi connectivity index (χ3v) is 2.91. The summed E-state index contributed by atoms with van der Waals surface area (Å²) in [5, 5.41) is 16.8. The Balaban J connectivity index is 2.39. The Labute approximate surface area is 98.5 Å². The van der Waals surface area contributed by atoms with Crippen molar-refractivity contribution in [2.75, 3.05) is 19.6 Å². The number of aliphatic hydroxyl groups is 1. The molecule has 4 nitrogen and oxygen atoms in total. The summed E-state index contributed by atoms with van der Waals surface area (Å²) in [6, 6.07) is 0. The molecule has 0 aromatic rings. The van der Waals surface area contributed by atoms with Crippen molar-refractivity contribution in [1.29, 1.82) is 0 Å². The van der Waals surface area contributed by atoms with Crippen LogP contribution in [0.25, 0.3) is 0 Å². The molecule has 0 saturated carbocycles. The van der Waals surface area contributed by atoms with Crippen molar-refractivity contribution in [3.8, 4) is 0 Å². The molecule has 0 amide bonds. The van der Waals surface area contributed by atoms with Crippen LogP contribution in [0.4, 0.5) is 0 Å². The first-order chi connectivity index (χ1) is 7.70. The predicted molar refractivity (Wildman–Crippen MR) is 67.7 cm³/mol. The lowest BCUT2D eigenvalue weighted by atomic mass is 9.93. The first-order valence-corrected chi connectivity index (χ1v) is 6.45.